The molecule has 3 aromatic rings. The number of carbonyl (C=O) groups is 1. The number of nitrogens with two attached hydrogens (primary N) is 4. The van der Waals surface area contributed by atoms with Gasteiger partial charge in [0.1, 0.15) is 5.82 Å². The van der Waals surface area contributed by atoms with Gasteiger partial charge in [0.2, 0.25) is 5.91 Å². The van der Waals surface area contributed by atoms with Crippen molar-refractivity contribution < 1.29 is 4.79 Å². The lowest BCUT2D eigenvalue weighted by Crippen LogP contribution is -2.20. The maximum absolute atomic E-state index is 11.4. The molecule has 0 fully saturated rings. The van der Waals surface area contributed by atoms with E-state index in [0.29, 0.717) is 36.0 Å². The minimum Gasteiger partial charge on any atom is -0.395 e. The standard InChI is InChI=1S/C22H27N7O/c23-19-12-18(20(24)22(28-19)29-26)17(15-6-2-1-3-7-15)9-10-27-13-14-5-4-8-16(11-14)21(25)30/h1-8,11-12,17,27H,9-10,13,24,26H2,(H2,25,30)(H3,23,28,29). The molecule has 1 aromatic heterocycles. The summed E-state index contributed by atoms with van der Waals surface area (Å²) in [6, 6.07) is 19.2. The predicted octanol–water partition coefficient (Wildman–Crippen LogP) is 1.94. The van der Waals surface area contributed by atoms with E-state index < -0.39 is 5.91 Å². The third-order valence-electron chi connectivity index (χ3n) is 4.97. The first-order chi connectivity index (χ1) is 14.5. The number of anilines is 3. The third-order valence-corrected chi connectivity index (χ3v) is 4.97. The molecule has 30 heavy (non-hydrogen) atoms. The van der Waals surface area contributed by atoms with E-state index in [1.807, 2.05) is 30.3 Å². The molecule has 0 aliphatic carbocycles. The van der Waals surface area contributed by atoms with Crippen LogP contribution in [0.2, 0.25) is 0 Å². The Morgan fingerprint density at radius 1 is 1.03 bits per heavy atom. The summed E-state index contributed by atoms with van der Waals surface area (Å²) in [5, 5.41) is 3.42. The topological polar surface area (TPSA) is 158 Å². The minimum absolute atomic E-state index is 0.00746. The molecule has 1 amide bonds. The van der Waals surface area contributed by atoms with Crippen molar-refractivity contribution in [2.75, 3.05) is 23.4 Å². The monoisotopic (exact) mass is 405 g/mol. The molecule has 0 saturated heterocycles. The highest BCUT2D eigenvalue weighted by Crippen LogP contribution is 2.35. The van der Waals surface area contributed by atoms with Gasteiger partial charge in [-0.1, -0.05) is 42.5 Å². The first kappa shape index (κ1) is 21.1. The Morgan fingerprint density at radius 2 is 1.80 bits per heavy atom. The van der Waals surface area contributed by atoms with Crippen molar-refractivity contribution in [3.63, 3.8) is 0 Å². The van der Waals surface area contributed by atoms with Crippen molar-refractivity contribution in [2.24, 2.45) is 11.6 Å². The van der Waals surface area contributed by atoms with Crippen LogP contribution < -0.4 is 33.8 Å². The number of rotatable bonds is 9. The molecule has 0 bridgehead atoms. The van der Waals surface area contributed by atoms with Gasteiger partial charge in [-0.25, -0.2) is 10.8 Å². The molecule has 0 aliphatic heterocycles. The summed E-state index contributed by atoms with van der Waals surface area (Å²) >= 11 is 0. The number of carbonyl (C=O) groups excluding carboxylic acids is 1. The van der Waals surface area contributed by atoms with Gasteiger partial charge < -0.3 is 27.9 Å². The first-order valence-corrected chi connectivity index (χ1v) is 9.66. The second-order valence-electron chi connectivity index (χ2n) is 7.04. The molecule has 8 heteroatoms. The van der Waals surface area contributed by atoms with E-state index in [9.17, 15) is 4.79 Å². The van der Waals surface area contributed by atoms with Crippen LogP contribution in [-0.2, 0) is 6.54 Å². The first-order valence-electron chi connectivity index (χ1n) is 9.66. The highest BCUT2D eigenvalue weighted by molar-refractivity contribution is 5.92. The molecule has 2 aromatic carbocycles. The van der Waals surface area contributed by atoms with E-state index in [2.05, 4.69) is 27.9 Å². The maximum Gasteiger partial charge on any atom is 0.248 e. The molecular weight excluding hydrogens is 378 g/mol. The van der Waals surface area contributed by atoms with Crippen LogP contribution in [-0.4, -0.2) is 17.4 Å². The summed E-state index contributed by atoms with van der Waals surface area (Å²) in [5.74, 6) is 5.84. The average Bonchev–Trinajstić information content (AvgIpc) is 2.76. The Balaban J connectivity index is 1.76. The largest absolute Gasteiger partial charge is 0.395 e. The Morgan fingerprint density at radius 3 is 2.50 bits per heavy atom. The summed E-state index contributed by atoms with van der Waals surface area (Å²) in [6.07, 6.45) is 0.775. The summed E-state index contributed by atoms with van der Waals surface area (Å²) in [4.78, 5) is 15.5. The Labute approximate surface area is 175 Å². The SMILES string of the molecule is NNc1nc(N)cc(C(CCNCc2cccc(C(N)=O)c2)c2ccccc2)c1N. The van der Waals surface area contributed by atoms with E-state index in [1.165, 1.54) is 0 Å². The number of nitrogens with one attached hydrogen (secondary N) is 2. The third kappa shape index (κ3) is 5.05. The molecule has 0 aliphatic rings. The number of primary amides is 1. The molecular formula is C22H27N7O. The minimum atomic E-state index is -0.434. The zero-order valence-corrected chi connectivity index (χ0v) is 16.6. The van der Waals surface area contributed by atoms with E-state index in [1.54, 1.807) is 18.2 Å². The summed E-state index contributed by atoms with van der Waals surface area (Å²) in [6.45, 7) is 1.33. The molecule has 3 rings (SSSR count). The average molecular weight is 406 g/mol. The van der Waals surface area contributed by atoms with Crippen molar-refractivity contribution >= 4 is 23.2 Å². The lowest BCUT2D eigenvalue weighted by Gasteiger charge is -2.22. The lowest BCUT2D eigenvalue weighted by molar-refractivity contribution is 0.1000. The number of benzene rings is 2. The molecule has 156 valence electrons. The summed E-state index contributed by atoms with van der Waals surface area (Å²) in [5.41, 5.74) is 24.1. The quantitative estimate of drug-likeness (QED) is 0.180. The number of hydrazine groups is 1. The van der Waals surface area contributed by atoms with E-state index in [0.717, 1.165) is 23.1 Å². The maximum atomic E-state index is 11.4. The van der Waals surface area contributed by atoms with Gasteiger partial charge in [0.15, 0.2) is 5.82 Å². The van der Waals surface area contributed by atoms with E-state index in [4.69, 9.17) is 23.0 Å². The van der Waals surface area contributed by atoms with Crippen LogP contribution in [0.5, 0.6) is 0 Å². The van der Waals surface area contributed by atoms with Crippen LogP contribution in [0.4, 0.5) is 17.3 Å². The van der Waals surface area contributed by atoms with Crippen molar-refractivity contribution in [3.8, 4) is 0 Å². The number of pyridine rings is 1. The van der Waals surface area contributed by atoms with Crippen LogP contribution in [0.25, 0.3) is 0 Å². The Bertz CT molecular complexity index is 1010. The van der Waals surface area contributed by atoms with Crippen LogP contribution in [0.15, 0.2) is 60.7 Å². The van der Waals surface area contributed by atoms with Gasteiger partial charge in [-0.05, 0) is 47.9 Å². The molecule has 10 N–H and O–H groups in total. The zero-order valence-electron chi connectivity index (χ0n) is 16.6. The molecule has 1 heterocycles. The van der Waals surface area contributed by atoms with Gasteiger partial charge in [0.25, 0.3) is 0 Å². The molecule has 0 radical (unpaired) electrons. The van der Waals surface area contributed by atoms with Gasteiger partial charge in [-0.2, -0.15) is 0 Å². The van der Waals surface area contributed by atoms with Crippen molar-refractivity contribution in [1.29, 1.82) is 0 Å². The smallest absolute Gasteiger partial charge is 0.248 e. The fourth-order valence-corrected chi connectivity index (χ4v) is 3.49. The van der Waals surface area contributed by atoms with Gasteiger partial charge in [0.05, 0.1) is 5.69 Å². The molecule has 8 nitrogen and oxygen atoms in total. The number of hydrogen-bond acceptors (Lipinski definition) is 7. The lowest BCUT2D eigenvalue weighted by atomic mass is 9.87. The van der Waals surface area contributed by atoms with Gasteiger partial charge in [0, 0.05) is 18.0 Å². The summed E-state index contributed by atoms with van der Waals surface area (Å²) < 4.78 is 0. The van der Waals surface area contributed by atoms with Gasteiger partial charge >= 0.3 is 0 Å². The fraction of sp³-hybridized carbons (Fsp3) is 0.182. The summed E-state index contributed by atoms with van der Waals surface area (Å²) in [7, 11) is 0. The Hall–Kier alpha value is -3.62. The van der Waals surface area contributed by atoms with Crippen molar-refractivity contribution in [1.82, 2.24) is 10.3 Å². The molecule has 1 unspecified atom stereocenters. The number of nitrogens with zero attached hydrogens (tertiary/aromatic N) is 1. The highest BCUT2D eigenvalue weighted by atomic mass is 16.1. The highest BCUT2D eigenvalue weighted by Gasteiger charge is 2.20. The normalized spacial score (nSPS) is 11.8. The Kier molecular flexibility index (Phi) is 6.84. The second kappa shape index (κ2) is 9.73. The van der Waals surface area contributed by atoms with Crippen LogP contribution in [0.3, 0.4) is 0 Å². The number of aromatic nitrogens is 1. The zero-order chi connectivity index (χ0) is 21.5. The van der Waals surface area contributed by atoms with Crippen LogP contribution >= 0.6 is 0 Å². The van der Waals surface area contributed by atoms with E-state index in [-0.39, 0.29) is 5.92 Å². The number of hydrogen-bond donors (Lipinski definition) is 6. The molecule has 0 saturated carbocycles. The van der Waals surface area contributed by atoms with E-state index >= 15 is 0 Å². The fourth-order valence-electron chi connectivity index (χ4n) is 3.49. The number of nitrogen functional groups attached to an aromatic ring is 3. The predicted molar refractivity (Wildman–Crippen MR) is 120 cm³/mol. The van der Waals surface area contributed by atoms with Crippen LogP contribution in [0, 0.1) is 0 Å². The van der Waals surface area contributed by atoms with Crippen LogP contribution in [0.1, 0.15) is 39.4 Å². The van der Waals surface area contributed by atoms with Gasteiger partial charge in [-0.15, -0.1) is 0 Å². The number of amides is 1. The second-order valence-corrected chi connectivity index (χ2v) is 7.04. The molecule has 1 atom stereocenters. The van der Waals surface area contributed by atoms with Gasteiger partial charge in [-0.3, -0.25) is 4.79 Å². The molecule has 0 spiro atoms. The van der Waals surface area contributed by atoms with Crippen molar-refractivity contribution in [2.45, 2.75) is 18.9 Å². The van der Waals surface area contributed by atoms with Crippen molar-refractivity contribution in [3.05, 3.63) is 82.9 Å².